The molecule has 0 aromatic heterocycles. The summed E-state index contributed by atoms with van der Waals surface area (Å²) in [6, 6.07) is 11.6. The first kappa shape index (κ1) is 13.5. The third kappa shape index (κ3) is 3.10. The van der Waals surface area contributed by atoms with Gasteiger partial charge in [-0.1, -0.05) is 30.3 Å². The van der Waals surface area contributed by atoms with Crippen molar-refractivity contribution < 1.29 is 4.74 Å². The molecule has 1 aromatic rings. The van der Waals surface area contributed by atoms with Crippen molar-refractivity contribution in [2.24, 2.45) is 0 Å². The Hall–Kier alpha value is -0.900. The first-order valence-corrected chi connectivity index (χ1v) is 6.76. The van der Waals surface area contributed by atoms with E-state index >= 15 is 0 Å². The predicted molar refractivity (Wildman–Crippen MR) is 74.7 cm³/mol. The molecule has 0 radical (unpaired) electrons. The van der Waals surface area contributed by atoms with Crippen LogP contribution in [0.25, 0.3) is 0 Å². The first-order valence-electron chi connectivity index (χ1n) is 6.76. The Morgan fingerprint density at radius 3 is 2.67 bits per heavy atom. The van der Waals surface area contributed by atoms with E-state index in [1.54, 1.807) is 0 Å². The summed E-state index contributed by atoms with van der Waals surface area (Å²) in [6.07, 6.45) is 1.49. The molecule has 3 nitrogen and oxygen atoms in total. The zero-order valence-corrected chi connectivity index (χ0v) is 11.6. The minimum Gasteiger partial charge on any atom is -0.377 e. The van der Waals surface area contributed by atoms with Gasteiger partial charge in [-0.2, -0.15) is 0 Å². The molecule has 1 fully saturated rings. The number of benzene rings is 1. The van der Waals surface area contributed by atoms with Gasteiger partial charge in [-0.05, 0) is 33.0 Å². The third-order valence-electron chi connectivity index (χ3n) is 3.92. The molecule has 1 N–H and O–H groups in total. The lowest BCUT2D eigenvalue weighted by atomic mass is 10.0. The van der Waals surface area contributed by atoms with Gasteiger partial charge >= 0.3 is 0 Å². The van der Waals surface area contributed by atoms with Crippen LogP contribution in [0.2, 0.25) is 0 Å². The average Bonchev–Trinajstić information content (AvgIpc) is 2.83. The molecule has 1 heterocycles. The molecule has 3 atom stereocenters. The maximum atomic E-state index is 5.65. The fourth-order valence-electron chi connectivity index (χ4n) is 2.77. The molecule has 1 aromatic carbocycles. The summed E-state index contributed by atoms with van der Waals surface area (Å²) >= 11 is 0. The topological polar surface area (TPSA) is 24.5 Å². The second-order valence-electron chi connectivity index (χ2n) is 5.12. The highest BCUT2D eigenvalue weighted by Crippen LogP contribution is 2.21. The van der Waals surface area contributed by atoms with Crippen LogP contribution >= 0.6 is 0 Å². The first-order chi connectivity index (χ1) is 8.72. The van der Waals surface area contributed by atoms with Gasteiger partial charge in [0, 0.05) is 25.2 Å². The van der Waals surface area contributed by atoms with E-state index in [0.29, 0.717) is 18.2 Å². The molecule has 0 saturated carbocycles. The Morgan fingerprint density at radius 2 is 2.11 bits per heavy atom. The number of ether oxygens (including phenoxy) is 1. The van der Waals surface area contributed by atoms with Crippen LogP contribution in [0, 0.1) is 0 Å². The lowest BCUT2D eigenvalue weighted by Gasteiger charge is -2.30. The van der Waals surface area contributed by atoms with E-state index < -0.39 is 0 Å². The Labute approximate surface area is 110 Å². The van der Waals surface area contributed by atoms with E-state index in [1.807, 2.05) is 7.05 Å². The second-order valence-corrected chi connectivity index (χ2v) is 5.12. The van der Waals surface area contributed by atoms with E-state index in [9.17, 15) is 0 Å². The second kappa shape index (κ2) is 6.32. The molecule has 0 aliphatic carbocycles. The van der Waals surface area contributed by atoms with E-state index in [4.69, 9.17) is 4.74 Å². The van der Waals surface area contributed by atoms with Crippen LogP contribution in [-0.2, 0) is 4.74 Å². The van der Waals surface area contributed by atoms with E-state index in [1.165, 1.54) is 5.56 Å². The van der Waals surface area contributed by atoms with Crippen LogP contribution in [0.15, 0.2) is 30.3 Å². The van der Waals surface area contributed by atoms with Crippen molar-refractivity contribution in [3.63, 3.8) is 0 Å². The van der Waals surface area contributed by atoms with Gasteiger partial charge in [0.15, 0.2) is 0 Å². The summed E-state index contributed by atoms with van der Waals surface area (Å²) in [5.41, 5.74) is 1.35. The van der Waals surface area contributed by atoms with Crippen molar-refractivity contribution in [2.45, 2.75) is 31.5 Å². The van der Waals surface area contributed by atoms with Gasteiger partial charge in [-0.15, -0.1) is 0 Å². The lowest BCUT2D eigenvalue weighted by Crippen LogP contribution is -2.41. The number of nitrogens with zero attached hydrogens (tertiary/aromatic N) is 1. The molecular weight excluding hydrogens is 224 g/mol. The largest absolute Gasteiger partial charge is 0.377 e. The SMILES string of the molecule is CNC(CN(C)C1CCOC1C)c1ccccc1. The average molecular weight is 248 g/mol. The Morgan fingerprint density at radius 1 is 1.39 bits per heavy atom. The quantitative estimate of drug-likeness (QED) is 0.863. The highest BCUT2D eigenvalue weighted by molar-refractivity contribution is 5.19. The molecule has 18 heavy (non-hydrogen) atoms. The summed E-state index contributed by atoms with van der Waals surface area (Å²) in [5.74, 6) is 0. The number of nitrogens with one attached hydrogen (secondary N) is 1. The molecule has 1 aliphatic heterocycles. The van der Waals surface area contributed by atoms with E-state index in [2.05, 4.69) is 54.5 Å². The van der Waals surface area contributed by atoms with Crippen molar-refractivity contribution in [1.29, 1.82) is 0 Å². The van der Waals surface area contributed by atoms with Gasteiger partial charge in [0.1, 0.15) is 0 Å². The van der Waals surface area contributed by atoms with Gasteiger partial charge in [0.25, 0.3) is 0 Å². The molecule has 100 valence electrons. The Balaban J connectivity index is 1.98. The fraction of sp³-hybridized carbons (Fsp3) is 0.600. The number of rotatable bonds is 5. The normalized spacial score (nSPS) is 25.6. The molecular formula is C15H24N2O. The van der Waals surface area contributed by atoms with Crippen molar-refractivity contribution >= 4 is 0 Å². The van der Waals surface area contributed by atoms with Gasteiger partial charge in [0.05, 0.1) is 6.10 Å². The van der Waals surface area contributed by atoms with Crippen LogP contribution in [0.5, 0.6) is 0 Å². The van der Waals surface area contributed by atoms with Crippen molar-refractivity contribution in [3.8, 4) is 0 Å². The minimum atomic E-state index is 0.350. The number of likely N-dealkylation sites (N-methyl/N-ethyl adjacent to an activating group) is 2. The highest BCUT2D eigenvalue weighted by Gasteiger charge is 2.28. The number of hydrogen-bond acceptors (Lipinski definition) is 3. The molecule has 3 unspecified atom stereocenters. The molecule has 3 heteroatoms. The Bertz CT molecular complexity index is 355. The monoisotopic (exact) mass is 248 g/mol. The van der Waals surface area contributed by atoms with Crippen molar-refractivity contribution in [3.05, 3.63) is 35.9 Å². The minimum absolute atomic E-state index is 0.350. The molecule has 1 aliphatic rings. The maximum Gasteiger partial charge on any atom is 0.0702 e. The fourth-order valence-corrected chi connectivity index (χ4v) is 2.77. The zero-order chi connectivity index (χ0) is 13.0. The van der Waals surface area contributed by atoms with E-state index in [0.717, 1.165) is 19.6 Å². The van der Waals surface area contributed by atoms with Crippen LogP contribution in [0.3, 0.4) is 0 Å². The van der Waals surface area contributed by atoms with Crippen LogP contribution in [0.4, 0.5) is 0 Å². The molecule has 1 saturated heterocycles. The number of hydrogen-bond donors (Lipinski definition) is 1. The molecule has 0 bridgehead atoms. The highest BCUT2D eigenvalue weighted by atomic mass is 16.5. The maximum absolute atomic E-state index is 5.65. The Kier molecular flexibility index (Phi) is 4.75. The summed E-state index contributed by atoms with van der Waals surface area (Å²) in [6.45, 7) is 4.08. The van der Waals surface area contributed by atoms with Gasteiger partial charge in [-0.3, -0.25) is 4.90 Å². The smallest absolute Gasteiger partial charge is 0.0702 e. The third-order valence-corrected chi connectivity index (χ3v) is 3.92. The van der Waals surface area contributed by atoms with Crippen LogP contribution in [-0.4, -0.2) is 44.3 Å². The summed E-state index contributed by atoms with van der Waals surface area (Å²) in [7, 11) is 4.23. The summed E-state index contributed by atoms with van der Waals surface area (Å²) in [5, 5.41) is 3.41. The standard InChI is InChI=1S/C15H24N2O/c1-12-15(9-10-18-12)17(3)11-14(16-2)13-7-5-4-6-8-13/h4-8,12,14-16H,9-11H2,1-3H3. The van der Waals surface area contributed by atoms with Crippen molar-refractivity contribution in [1.82, 2.24) is 10.2 Å². The van der Waals surface area contributed by atoms with E-state index in [-0.39, 0.29) is 0 Å². The van der Waals surface area contributed by atoms with Gasteiger partial charge in [-0.25, -0.2) is 0 Å². The predicted octanol–water partition coefficient (Wildman–Crippen LogP) is 2.06. The molecule has 2 rings (SSSR count). The van der Waals surface area contributed by atoms with Gasteiger partial charge < -0.3 is 10.1 Å². The lowest BCUT2D eigenvalue weighted by molar-refractivity contribution is 0.0806. The van der Waals surface area contributed by atoms with Gasteiger partial charge in [0.2, 0.25) is 0 Å². The summed E-state index contributed by atoms with van der Waals surface area (Å²) in [4.78, 5) is 2.42. The summed E-state index contributed by atoms with van der Waals surface area (Å²) < 4.78 is 5.65. The zero-order valence-electron chi connectivity index (χ0n) is 11.6. The van der Waals surface area contributed by atoms with Crippen LogP contribution in [0.1, 0.15) is 24.9 Å². The molecule has 0 amide bonds. The van der Waals surface area contributed by atoms with Crippen LogP contribution < -0.4 is 5.32 Å². The molecule has 0 spiro atoms. The van der Waals surface area contributed by atoms with Crippen molar-refractivity contribution in [2.75, 3.05) is 27.2 Å².